The van der Waals surface area contributed by atoms with Gasteiger partial charge < -0.3 is 10.0 Å². The molecule has 4 heteroatoms. The Hall–Kier alpha value is -1.13. The van der Waals surface area contributed by atoms with Crippen LogP contribution < -0.4 is 4.90 Å². The second-order valence-electron chi connectivity index (χ2n) is 5.75. The Morgan fingerprint density at radius 2 is 2.11 bits per heavy atom. The first kappa shape index (κ1) is 12.9. The Labute approximate surface area is 115 Å². The Kier molecular flexibility index (Phi) is 3.71. The first-order chi connectivity index (χ1) is 9.24. The monoisotopic (exact) mass is 261 g/mol. The largest absolute Gasteiger partial charge is 0.387 e. The summed E-state index contributed by atoms with van der Waals surface area (Å²) in [4.78, 5) is 9.45. The van der Waals surface area contributed by atoms with E-state index in [-0.39, 0.29) is 0 Å². The molecule has 4 nitrogen and oxygen atoms in total. The van der Waals surface area contributed by atoms with Crippen molar-refractivity contribution in [3.05, 3.63) is 24.0 Å². The maximum absolute atomic E-state index is 9.51. The molecule has 3 rings (SSSR count). The van der Waals surface area contributed by atoms with E-state index in [1.165, 1.54) is 38.0 Å². The third-order valence-corrected chi connectivity index (χ3v) is 4.37. The van der Waals surface area contributed by atoms with Crippen molar-refractivity contribution >= 4 is 5.69 Å². The van der Waals surface area contributed by atoms with E-state index in [4.69, 9.17) is 0 Å². The fourth-order valence-electron chi connectivity index (χ4n) is 3.27. The van der Waals surface area contributed by atoms with Crippen molar-refractivity contribution in [3.8, 4) is 0 Å². The lowest BCUT2D eigenvalue weighted by molar-refractivity contribution is 0.194. The summed E-state index contributed by atoms with van der Waals surface area (Å²) in [5, 5.41) is 9.51. The summed E-state index contributed by atoms with van der Waals surface area (Å²) in [5.74, 6) is 0. The molecule has 2 saturated heterocycles. The molecule has 104 valence electrons. The third kappa shape index (κ3) is 2.74. The number of fused-ring (bicyclic) bond motifs is 1. The van der Waals surface area contributed by atoms with E-state index in [1.807, 2.05) is 12.3 Å². The molecular weight excluding hydrogens is 238 g/mol. The van der Waals surface area contributed by atoms with E-state index in [9.17, 15) is 5.11 Å². The zero-order valence-corrected chi connectivity index (χ0v) is 11.6. The molecule has 2 aliphatic rings. The van der Waals surface area contributed by atoms with Crippen molar-refractivity contribution in [1.82, 2.24) is 9.88 Å². The Morgan fingerprint density at radius 3 is 2.84 bits per heavy atom. The van der Waals surface area contributed by atoms with Crippen LogP contribution in [0.2, 0.25) is 0 Å². The smallest absolute Gasteiger partial charge is 0.0931 e. The number of aliphatic hydroxyl groups is 1. The van der Waals surface area contributed by atoms with Crippen molar-refractivity contribution in [2.75, 3.05) is 31.1 Å². The number of aliphatic hydroxyl groups excluding tert-OH is 1. The van der Waals surface area contributed by atoms with Gasteiger partial charge in [0.05, 0.1) is 23.7 Å². The molecule has 0 bridgehead atoms. The van der Waals surface area contributed by atoms with Gasteiger partial charge in [-0.05, 0) is 44.9 Å². The molecule has 2 fully saturated rings. The average Bonchev–Trinajstić information content (AvgIpc) is 2.76. The molecule has 0 saturated carbocycles. The molecule has 2 unspecified atom stereocenters. The molecule has 3 heterocycles. The predicted octanol–water partition coefficient (Wildman–Crippen LogP) is 1.81. The summed E-state index contributed by atoms with van der Waals surface area (Å²) < 4.78 is 0. The summed E-state index contributed by atoms with van der Waals surface area (Å²) in [6.45, 7) is 6.50. The molecule has 1 aromatic rings. The fraction of sp³-hybridized carbons (Fsp3) is 0.667. The minimum atomic E-state index is -0.483. The average molecular weight is 261 g/mol. The van der Waals surface area contributed by atoms with Gasteiger partial charge in [-0.15, -0.1) is 0 Å². The van der Waals surface area contributed by atoms with E-state index < -0.39 is 6.10 Å². The van der Waals surface area contributed by atoms with Crippen molar-refractivity contribution < 1.29 is 5.11 Å². The van der Waals surface area contributed by atoms with Crippen LogP contribution in [0.3, 0.4) is 0 Å². The second-order valence-corrected chi connectivity index (χ2v) is 5.75. The number of hydrogen-bond acceptors (Lipinski definition) is 4. The summed E-state index contributed by atoms with van der Waals surface area (Å²) in [7, 11) is 0. The molecule has 0 radical (unpaired) electrons. The number of anilines is 1. The molecule has 0 spiro atoms. The summed E-state index contributed by atoms with van der Waals surface area (Å²) >= 11 is 0. The molecular formula is C15H23N3O. The van der Waals surface area contributed by atoms with Crippen LogP contribution >= 0.6 is 0 Å². The number of rotatable bonds is 2. The van der Waals surface area contributed by atoms with Gasteiger partial charge in [0.15, 0.2) is 0 Å². The van der Waals surface area contributed by atoms with Crippen LogP contribution in [0.1, 0.15) is 38.0 Å². The van der Waals surface area contributed by atoms with E-state index in [2.05, 4.69) is 20.9 Å². The van der Waals surface area contributed by atoms with Gasteiger partial charge in [-0.3, -0.25) is 9.88 Å². The van der Waals surface area contributed by atoms with E-state index in [0.717, 1.165) is 24.8 Å². The lowest BCUT2D eigenvalue weighted by Crippen LogP contribution is -2.36. The normalized spacial score (nSPS) is 26.0. The van der Waals surface area contributed by atoms with Gasteiger partial charge in [-0.1, -0.05) is 0 Å². The van der Waals surface area contributed by atoms with E-state index >= 15 is 0 Å². The van der Waals surface area contributed by atoms with Gasteiger partial charge in [0.2, 0.25) is 0 Å². The molecule has 2 aliphatic heterocycles. The number of nitrogens with zero attached hydrogens (tertiary/aromatic N) is 3. The van der Waals surface area contributed by atoms with Crippen molar-refractivity contribution in [3.63, 3.8) is 0 Å². The van der Waals surface area contributed by atoms with Gasteiger partial charge in [0.1, 0.15) is 0 Å². The van der Waals surface area contributed by atoms with Crippen LogP contribution in [0, 0.1) is 0 Å². The summed E-state index contributed by atoms with van der Waals surface area (Å²) in [6, 6.07) is 4.76. The SMILES string of the molecule is CC(O)c1ccc(N2CCCN3CCCC3C2)cn1. The van der Waals surface area contributed by atoms with Crippen LogP contribution in [0.15, 0.2) is 18.3 Å². The second kappa shape index (κ2) is 5.47. The lowest BCUT2D eigenvalue weighted by Gasteiger charge is -2.27. The number of aromatic nitrogens is 1. The highest BCUT2D eigenvalue weighted by Gasteiger charge is 2.28. The standard InChI is InChI=1S/C15H23N3O/c1-12(19)15-6-5-13(10-16-15)18-9-3-8-17-7-2-4-14(17)11-18/h5-6,10,12,14,19H,2-4,7-9,11H2,1H3. The first-order valence-corrected chi connectivity index (χ1v) is 7.37. The topological polar surface area (TPSA) is 39.6 Å². The Balaban J connectivity index is 1.73. The van der Waals surface area contributed by atoms with Crippen LogP contribution in [0.4, 0.5) is 5.69 Å². The molecule has 1 N–H and O–H groups in total. The maximum Gasteiger partial charge on any atom is 0.0931 e. The lowest BCUT2D eigenvalue weighted by atomic mass is 10.2. The van der Waals surface area contributed by atoms with Crippen molar-refractivity contribution in [2.24, 2.45) is 0 Å². The van der Waals surface area contributed by atoms with Gasteiger partial charge in [0, 0.05) is 25.7 Å². The maximum atomic E-state index is 9.51. The summed E-state index contributed by atoms with van der Waals surface area (Å²) in [5.41, 5.74) is 1.94. The Morgan fingerprint density at radius 1 is 1.26 bits per heavy atom. The quantitative estimate of drug-likeness (QED) is 0.881. The zero-order chi connectivity index (χ0) is 13.2. The molecule has 1 aromatic heterocycles. The highest BCUT2D eigenvalue weighted by atomic mass is 16.3. The van der Waals surface area contributed by atoms with Crippen LogP contribution in [0.25, 0.3) is 0 Å². The minimum Gasteiger partial charge on any atom is -0.387 e. The zero-order valence-electron chi connectivity index (χ0n) is 11.6. The molecule has 0 aromatic carbocycles. The van der Waals surface area contributed by atoms with Gasteiger partial charge in [0.25, 0.3) is 0 Å². The van der Waals surface area contributed by atoms with Gasteiger partial charge in [-0.25, -0.2) is 0 Å². The number of pyridine rings is 1. The van der Waals surface area contributed by atoms with E-state index in [0.29, 0.717) is 0 Å². The molecule has 0 amide bonds. The molecule has 2 atom stereocenters. The van der Waals surface area contributed by atoms with Crippen LogP contribution in [-0.4, -0.2) is 47.2 Å². The third-order valence-electron chi connectivity index (χ3n) is 4.37. The van der Waals surface area contributed by atoms with Crippen molar-refractivity contribution in [1.29, 1.82) is 0 Å². The molecule has 0 aliphatic carbocycles. The van der Waals surface area contributed by atoms with Crippen LogP contribution in [-0.2, 0) is 0 Å². The molecule has 19 heavy (non-hydrogen) atoms. The highest BCUT2D eigenvalue weighted by molar-refractivity contribution is 5.45. The minimum absolute atomic E-state index is 0.483. The Bertz CT molecular complexity index is 418. The van der Waals surface area contributed by atoms with Crippen LogP contribution in [0.5, 0.6) is 0 Å². The van der Waals surface area contributed by atoms with Crippen molar-refractivity contribution in [2.45, 2.75) is 38.3 Å². The van der Waals surface area contributed by atoms with Gasteiger partial charge in [-0.2, -0.15) is 0 Å². The summed E-state index contributed by atoms with van der Waals surface area (Å²) in [6.07, 6.45) is 5.33. The first-order valence-electron chi connectivity index (χ1n) is 7.37. The number of hydrogen-bond donors (Lipinski definition) is 1. The van der Waals surface area contributed by atoms with E-state index in [1.54, 1.807) is 6.92 Å². The fourth-order valence-corrected chi connectivity index (χ4v) is 3.27. The predicted molar refractivity (Wildman–Crippen MR) is 76.3 cm³/mol. The highest BCUT2D eigenvalue weighted by Crippen LogP contribution is 2.25. The van der Waals surface area contributed by atoms with Gasteiger partial charge >= 0.3 is 0 Å².